The molecule has 0 bridgehead atoms. The van der Waals surface area contributed by atoms with Gasteiger partial charge in [0.15, 0.2) is 0 Å². The Hall–Kier alpha value is -1.89. The minimum Gasteiger partial charge on any atom is -0.480 e. The zero-order valence-corrected chi connectivity index (χ0v) is 9.69. The zero-order valence-electron chi connectivity index (χ0n) is 8.87. The molecule has 1 unspecified atom stereocenters. The monoisotopic (exact) mass is 255 g/mol. The number of nitrogens with zero attached hydrogens (tertiary/aromatic N) is 1. The lowest BCUT2D eigenvalue weighted by Gasteiger charge is -2.12. The molecule has 6 nitrogen and oxygen atoms in total. The zero-order chi connectivity index (χ0) is 12.6. The van der Waals surface area contributed by atoms with Crippen molar-refractivity contribution in [1.29, 1.82) is 0 Å². The molecule has 2 rings (SSSR count). The van der Waals surface area contributed by atoms with Crippen LogP contribution in [0.2, 0.25) is 0 Å². The number of aromatic nitrogens is 1. The van der Waals surface area contributed by atoms with E-state index in [4.69, 9.17) is 5.11 Å². The van der Waals surface area contributed by atoms with E-state index in [1.165, 1.54) is 0 Å². The lowest BCUT2D eigenvalue weighted by Crippen LogP contribution is -2.31. The van der Waals surface area contributed by atoms with Crippen LogP contribution in [0.1, 0.15) is 19.4 Å². The summed E-state index contributed by atoms with van der Waals surface area (Å²) in [5.74, 6) is -2.06. The molecule has 2 aromatic rings. The van der Waals surface area contributed by atoms with Crippen LogP contribution in [0.4, 0.5) is 0 Å². The molecule has 0 aromatic carbocycles. The Labute approximate surface area is 98.7 Å². The van der Waals surface area contributed by atoms with Crippen LogP contribution in [0, 0.1) is 0 Å². The second-order valence-corrected chi connectivity index (χ2v) is 4.34. The molecule has 0 saturated carbocycles. The predicted molar refractivity (Wildman–Crippen MR) is 61.6 cm³/mol. The minimum atomic E-state index is -1.13. The molecule has 90 valence electrons. The van der Waals surface area contributed by atoms with Crippen LogP contribution < -0.4 is 11.4 Å². The van der Waals surface area contributed by atoms with Crippen molar-refractivity contribution >= 4 is 27.5 Å². The molecule has 0 fully saturated rings. The van der Waals surface area contributed by atoms with Crippen molar-refractivity contribution in [2.75, 3.05) is 0 Å². The van der Waals surface area contributed by atoms with Gasteiger partial charge in [0.25, 0.3) is 0 Å². The summed E-state index contributed by atoms with van der Waals surface area (Å²) < 4.78 is 5.78. The first kappa shape index (κ1) is 11.6. The number of carboxylic acid groups (broad SMARTS) is 1. The fourth-order valence-electron chi connectivity index (χ4n) is 1.68. The molecule has 0 aliphatic rings. The van der Waals surface area contributed by atoms with Gasteiger partial charge < -0.3 is 9.52 Å². The van der Waals surface area contributed by atoms with E-state index in [0.29, 0.717) is 5.52 Å². The highest BCUT2D eigenvalue weighted by Crippen LogP contribution is 2.20. The Morgan fingerprint density at radius 2 is 2.29 bits per heavy atom. The standard InChI is InChI=1S/C10H9NO5S/c1-2-5(8(12)13)11-6-3-4-17-7(6)9(14)16-10(11)15/h3-5H,2H2,1H3,(H,12,13). The summed E-state index contributed by atoms with van der Waals surface area (Å²) in [4.78, 5) is 34.0. The predicted octanol–water partition coefficient (Wildman–Crippen LogP) is 1.05. The molecule has 0 radical (unpaired) electrons. The Morgan fingerprint density at radius 1 is 1.59 bits per heavy atom. The lowest BCUT2D eigenvalue weighted by atomic mass is 10.2. The van der Waals surface area contributed by atoms with Crippen molar-refractivity contribution < 1.29 is 14.3 Å². The summed E-state index contributed by atoms with van der Waals surface area (Å²) in [6.07, 6.45) is 0.230. The summed E-state index contributed by atoms with van der Waals surface area (Å²) in [6, 6.07) is 0.521. The van der Waals surface area contributed by atoms with Crippen LogP contribution in [0.3, 0.4) is 0 Å². The summed E-state index contributed by atoms with van der Waals surface area (Å²) >= 11 is 1.12. The molecule has 17 heavy (non-hydrogen) atoms. The maximum Gasteiger partial charge on any atom is 0.423 e. The van der Waals surface area contributed by atoms with E-state index in [9.17, 15) is 14.4 Å². The van der Waals surface area contributed by atoms with Crippen LogP contribution in [-0.2, 0) is 4.79 Å². The fraction of sp³-hybridized carbons (Fsp3) is 0.300. The summed E-state index contributed by atoms with van der Waals surface area (Å²) in [6.45, 7) is 1.65. The van der Waals surface area contributed by atoms with E-state index in [2.05, 4.69) is 4.42 Å². The van der Waals surface area contributed by atoms with Gasteiger partial charge in [0.05, 0.1) is 5.52 Å². The number of aliphatic carboxylic acids is 1. The molecule has 7 heteroatoms. The average Bonchev–Trinajstić information content (AvgIpc) is 2.72. The minimum absolute atomic E-state index is 0.230. The number of carbonyl (C=O) groups is 1. The molecule has 2 heterocycles. The molecule has 1 N–H and O–H groups in total. The van der Waals surface area contributed by atoms with Crippen molar-refractivity contribution in [3.8, 4) is 0 Å². The highest BCUT2D eigenvalue weighted by Gasteiger charge is 2.23. The third kappa shape index (κ3) is 1.78. The van der Waals surface area contributed by atoms with E-state index in [1.807, 2.05) is 0 Å². The van der Waals surface area contributed by atoms with Crippen molar-refractivity contribution in [2.45, 2.75) is 19.4 Å². The highest BCUT2D eigenvalue weighted by atomic mass is 32.1. The second-order valence-electron chi connectivity index (χ2n) is 3.42. The first-order valence-electron chi connectivity index (χ1n) is 4.92. The Kier molecular flexibility index (Phi) is 2.84. The average molecular weight is 255 g/mol. The molecule has 1 atom stereocenters. The molecule has 0 spiro atoms. The Morgan fingerprint density at radius 3 is 2.88 bits per heavy atom. The molecule has 0 saturated heterocycles. The van der Waals surface area contributed by atoms with E-state index in [0.717, 1.165) is 15.9 Å². The van der Waals surface area contributed by atoms with Crippen LogP contribution in [0.25, 0.3) is 10.2 Å². The van der Waals surface area contributed by atoms with Gasteiger partial charge in [-0.25, -0.2) is 14.4 Å². The Bertz CT molecular complexity index is 680. The molecule has 0 aliphatic heterocycles. The SMILES string of the molecule is CCC(C(=O)O)n1c(=O)oc(=O)c2sccc21. The van der Waals surface area contributed by atoms with E-state index in [1.54, 1.807) is 18.4 Å². The maximum absolute atomic E-state index is 11.6. The van der Waals surface area contributed by atoms with Gasteiger partial charge in [-0.15, -0.1) is 11.3 Å². The van der Waals surface area contributed by atoms with Gasteiger partial charge in [-0.1, -0.05) is 6.92 Å². The molecular weight excluding hydrogens is 246 g/mol. The van der Waals surface area contributed by atoms with Crippen molar-refractivity contribution in [1.82, 2.24) is 4.57 Å². The third-order valence-corrected chi connectivity index (χ3v) is 3.33. The lowest BCUT2D eigenvalue weighted by molar-refractivity contribution is -0.141. The number of thiophene rings is 1. The fourth-order valence-corrected chi connectivity index (χ4v) is 2.44. The Balaban J connectivity index is 2.85. The van der Waals surface area contributed by atoms with Gasteiger partial charge in [0.1, 0.15) is 10.7 Å². The highest BCUT2D eigenvalue weighted by molar-refractivity contribution is 7.17. The molecule has 0 aliphatic carbocycles. The smallest absolute Gasteiger partial charge is 0.423 e. The molecule has 2 aromatic heterocycles. The summed E-state index contributed by atoms with van der Waals surface area (Å²) in [7, 11) is 0. The van der Waals surface area contributed by atoms with Crippen LogP contribution >= 0.6 is 11.3 Å². The number of hydrogen-bond acceptors (Lipinski definition) is 5. The first-order valence-corrected chi connectivity index (χ1v) is 5.80. The number of fused-ring (bicyclic) bond motifs is 1. The van der Waals surface area contributed by atoms with E-state index in [-0.39, 0.29) is 11.1 Å². The van der Waals surface area contributed by atoms with E-state index < -0.39 is 23.4 Å². The summed E-state index contributed by atoms with van der Waals surface area (Å²) in [5, 5.41) is 10.7. The van der Waals surface area contributed by atoms with Crippen LogP contribution in [0.15, 0.2) is 25.5 Å². The number of hydrogen-bond donors (Lipinski definition) is 1. The molecule has 0 amide bonds. The van der Waals surface area contributed by atoms with Gasteiger partial charge in [-0.3, -0.25) is 4.57 Å². The van der Waals surface area contributed by atoms with Crippen molar-refractivity contribution in [2.24, 2.45) is 0 Å². The number of carboxylic acids is 1. The van der Waals surface area contributed by atoms with Crippen molar-refractivity contribution in [3.63, 3.8) is 0 Å². The quantitative estimate of drug-likeness (QED) is 0.885. The largest absolute Gasteiger partial charge is 0.480 e. The maximum atomic E-state index is 11.6. The second kappa shape index (κ2) is 4.17. The van der Waals surface area contributed by atoms with Crippen LogP contribution in [0.5, 0.6) is 0 Å². The summed E-state index contributed by atoms with van der Waals surface area (Å²) in [5.41, 5.74) is -0.415. The van der Waals surface area contributed by atoms with Gasteiger partial charge in [0.2, 0.25) is 0 Å². The molecular formula is C10H9NO5S. The van der Waals surface area contributed by atoms with Crippen molar-refractivity contribution in [3.05, 3.63) is 32.4 Å². The van der Waals surface area contributed by atoms with Gasteiger partial charge in [-0.2, -0.15) is 0 Å². The number of rotatable bonds is 3. The topological polar surface area (TPSA) is 89.5 Å². The van der Waals surface area contributed by atoms with E-state index >= 15 is 0 Å². The normalized spacial score (nSPS) is 12.8. The third-order valence-electron chi connectivity index (χ3n) is 2.45. The van der Waals surface area contributed by atoms with Gasteiger partial charge >= 0.3 is 17.4 Å². The van der Waals surface area contributed by atoms with Crippen LogP contribution in [-0.4, -0.2) is 15.6 Å². The van der Waals surface area contributed by atoms with Gasteiger partial charge in [-0.05, 0) is 17.9 Å². The van der Waals surface area contributed by atoms with Gasteiger partial charge in [0, 0.05) is 0 Å². The first-order chi connectivity index (χ1) is 8.06.